The summed E-state index contributed by atoms with van der Waals surface area (Å²) in [5.41, 5.74) is 9.80. The van der Waals surface area contributed by atoms with Crippen molar-refractivity contribution in [2.45, 2.75) is 0 Å². The molecule has 0 aliphatic carbocycles. The van der Waals surface area contributed by atoms with Crippen LogP contribution in [0.25, 0.3) is 75.1 Å². The molecule has 0 unspecified atom stereocenters. The van der Waals surface area contributed by atoms with Crippen molar-refractivity contribution in [1.29, 1.82) is 0 Å². The van der Waals surface area contributed by atoms with Crippen LogP contribution in [0.1, 0.15) is 0 Å². The van der Waals surface area contributed by atoms with Gasteiger partial charge in [0.25, 0.3) is 0 Å². The van der Waals surface area contributed by atoms with Crippen molar-refractivity contribution in [3.63, 3.8) is 0 Å². The van der Waals surface area contributed by atoms with Gasteiger partial charge in [0, 0.05) is 53.6 Å². The van der Waals surface area contributed by atoms with Crippen molar-refractivity contribution >= 4 is 81.3 Å². The molecule has 0 amide bonds. The Morgan fingerprint density at radius 2 is 1.02 bits per heavy atom. The molecule has 0 atom stereocenters. The second kappa shape index (κ2) is 11.2. The summed E-state index contributed by atoms with van der Waals surface area (Å²) in [6.45, 7) is 0. The largest absolute Gasteiger partial charge is 0.455 e. The van der Waals surface area contributed by atoms with E-state index < -0.39 is 0 Å². The van der Waals surface area contributed by atoms with E-state index in [0.717, 1.165) is 50.1 Å². The van der Waals surface area contributed by atoms with E-state index in [0.29, 0.717) is 0 Å². The van der Waals surface area contributed by atoms with Crippen LogP contribution in [0.2, 0.25) is 0 Å². The summed E-state index contributed by atoms with van der Waals surface area (Å²) in [7, 11) is 0. The lowest BCUT2D eigenvalue weighted by atomic mass is 10.0. The summed E-state index contributed by atoms with van der Waals surface area (Å²) in [6, 6.07) is 63.3. The van der Waals surface area contributed by atoms with Crippen molar-refractivity contribution in [2.24, 2.45) is 0 Å². The van der Waals surface area contributed by atoms with Gasteiger partial charge in [-0.25, -0.2) is 0 Å². The molecule has 0 N–H and O–H groups in total. The molecule has 0 saturated carbocycles. The summed E-state index contributed by atoms with van der Waals surface area (Å²) >= 11 is 1.86. The van der Waals surface area contributed by atoms with Gasteiger partial charge in [-0.1, -0.05) is 115 Å². The van der Waals surface area contributed by atoms with Gasteiger partial charge < -0.3 is 9.32 Å². The molecule has 0 fully saturated rings. The first kappa shape index (κ1) is 27.9. The minimum absolute atomic E-state index is 0.913. The van der Waals surface area contributed by atoms with E-state index in [2.05, 4.69) is 169 Å². The van der Waals surface area contributed by atoms with E-state index in [9.17, 15) is 0 Å². The lowest BCUT2D eigenvalue weighted by Crippen LogP contribution is -2.09. The first-order valence-corrected chi connectivity index (χ1v) is 17.4. The van der Waals surface area contributed by atoms with E-state index in [1.165, 1.54) is 42.1 Å². The zero-order valence-corrected chi connectivity index (χ0v) is 27.3. The minimum atomic E-state index is 0.913. The fraction of sp³-hybridized carbons (Fsp3) is 0. The molecular weight excluding hydrogens is 615 g/mol. The first-order chi connectivity index (χ1) is 24.3. The number of thiophene rings is 1. The molecule has 0 spiro atoms. The van der Waals surface area contributed by atoms with Gasteiger partial charge >= 0.3 is 0 Å². The third-order valence-electron chi connectivity index (χ3n) is 9.67. The van der Waals surface area contributed by atoms with Crippen LogP contribution in [0.3, 0.4) is 0 Å². The van der Waals surface area contributed by atoms with E-state index in [-0.39, 0.29) is 0 Å². The normalized spacial score (nSPS) is 11.7. The lowest BCUT2D eigenvalue weighted by Gasteiger charge is -2.26. The molecule has 0 aliphatic heterocycles. The summed E-state index contributed by atoms with van der Waals surface area (Å²) in [5.74, 6) is 0. The van der Waals surface area contributed by atoms with Crippen LogP contribution < -0.4 is 4.90 Å². The quantitative estimate of drug-likeness (QED) is 0.186. The Balaban J connectivity index is 1.06. The molecule has 2 aromatic heterocycles. The number of benzene rings is 8. The first-order valence-electron chi connectivity index (χ1n) is 16.6. The summed E-state index contributed by atoms with van der Waals surface area (Å²) < 4.78 is 9.03. The molecule has 3 heteroatoms. The maximum Gasteiger partial charge on any atom is 0.143 e. The van der Waals surface area contributed by atoms with Crippen LogP contribution in [0, 0.1) is 0 Å². The Kier molecular flexibility index (Phi) is 6.39. The third kappa shape index (κ3) is 4.70. The molecule has 0 radical (unpaired) electrons. The molecule has 8 aromatic carbocycles. The van der Waals surface area contributed by atoms with Gasteiger partial charge in [-0.2, -0.15) is 0 Å². The number of hydrogen-bond acceptors (Lipinski definition) is 3. The molecule has 10 rings (SSSR count). The second-order valence-corrected chi connectivity index (χ2v) is 13.6. The van der Waals surface area contributed by atoms with Gasteiger partial charge in [0.05, 0.1) is 0 Å². The van der Waals surface area contributed by atoms with Crippen molar-refractivity contribution in [2.75, 3.05) is 4.90 Å². The zero-order valence-electron chi connectivity index (χ0n) is 26.5. The maximum atomic E-state index is 6.37. The number of anilines is 3. The Morgan fingerprint density at radius 1 is 0.388 bits per heavy atom. The number of rotatable bonds is 5. The molecule has 2 heterocycles. The SMILES string of the molecule is c1ccc2cc(N(c3ccc(-c4ccc5sc6ccccc6c5c4)cc3)c3ccc(-c4cccc5c4oc4ccccc45)cc3)ccc2c1. The summed E-state index contributed by atoms with van der Waals surface area (Å²) in [5, 5.41) is 7.37. The van der Waals surface area contributed by atoms with Crippen LogP contribution >= 0.6 is 11.3 Å². The standard InChI is InChI=1S/C46H29NOS/c1-2-9-33-28-37(26-18-30(33)8-1)47(35-22-16-31(17-23-35)34-21-27-45-42(29-34)40-11-4-6-15-44(40)49-45)36-24-19-32(20-25-36)38-12-7-13-41-39-10-3-5-14-43(39)48-46(38)41/h1-29H. The molecule has 0 bridgehead atoms. The molecular formula is C46H29NOS. The highest BCUT2D eigenvalue weighted by Crippen LogP contribution is 2.41. The molecule has 0 aliphatic rings. The van der Waals surface area contributed by atoms with Crippen LogP contribution in [0.15, 0.2) is 180 Å². The Morgan fingerprint density at radius 3 is 1.86 bits per heavy atom. The Labute approximate surface area is 287 Å². The predicted molar refractivity (Wildman–Crippen MR) is 210 cm³/mol. The molecule has 10 aromatic rings. The molecule has 0 saturated heterocycles. The van der Waals surface area contributed by atoms with Crippen molar-refractivity contribution in [3.05, 3.63) is 176 Å². The topological polar surface area (TPSA) is 16.4 Å². The number of hydrogen-bond donors (Lipinski definition) is 0. The highest BCUT2D eigenvalue weighted by Gasteiger charge is 2.16. The van der Waals surface area contributed by atoms with Crippen molar-refractivity contribution in [1.82, 2.24) is 0 Å². The average Bonchev–Trinajstić information content (AvgIpc) is 3.74. The molecule has 49 heavy (non-hydrogen) atoms. The number of fused-ring (bicyclic) bond motifs is 7. The number of nitrogens with zero attached hydrogens (tertiary/aromatic N) is 1. The number of furan rings is 1. The van der Waals surface area contributed by atoms with E-state index in [1.807, 2.05) is 23.5 Å². The predicted octanol–water partition coefficient (Wildman–Crippen LogP) is 13.9. The zero-order chi connectivity index (χ0) is 32.3. The van der Waals surface area contributed by atoms with Gasteiger partial charge in [0.2, 0.25) is 0 Å². The summed E-state index contributed by atoms with van der Waals surface area (Å²) in [6.07, 6.45) is 0. The van der Waals surface area contributed by atoms with E-state index in [1.54, 1.807) is 0 Å². The van der Waals surface area contributed by atoms with Crippen molar-refractivity contribution < 1.29 is 4.42 Å². The van der Waals surface area contributed by atoms with E-state index in [4.69, 9.17) is 4.42 Å². The Bertz CT molecular complexity index is 2820. The third-order valence-corrected chi connectivity index (χ3v) is 10.8. The van der Waals surface area contributed by atoms with Gasteiger partial charge in [-0.15, -0.1) is 11.3 Å². The van der Waals surface area contributed by atoms with Crippen LogP contribution in [-0.2, 0) is 0 Å². The molecule has 2 nitrogen and oxygen atoms in total. The fourth-order valence-electron chi connectivity index (χ4n) is 7.24. The van der Waals surface area contributed by atoms with Gasteiger partial charge in [-0.3, -0.25) is 0 Å². The van der Waals surface area contributed by atoms with Crippen LogP contribution in [0.5, 0.6) is 0 Å². The van der Waals surface area contributed by atoms with Crippen LogP contribution in [0.4, 0.5) is 17.1 Å². The summed E-state index contributed by atoms with van der Waals surface area (Å²) in [4.78, 5) is 2.34. The monoisotopic (exact) mass is 643 g/mol. The Hall–Kier alpha value is -6.16. The van der Waals surface area contributed by atoms with Crippen LogP contribution in [-0.4, -0.2) is 0 Å². The van der Waals surface area contributed by atoms with Gasteiger partial charge in [-0.05, 0) is 88.1 Å². The highest BCUT2D eigenvalue weighted by atomic mass is 32.1. The van der Waals surface area contributed by atoms with Gasteiger partial charge in [0.1, 0.15) is 11.2 Å². The van der Waals surface area contributed by atoms with Crippen molar-refractivity contribution in [3.8, 4) is 22.3 Å². The molecule has 230 valence electrons. The second-order valence-electron chi connectivity index (χ2n) is 12.6. The smallest absolute Gasteiger partial charge is 0.143 e. The average molecular weight is 644 g/mol. The minimum Gasteiger partial charge on any atom is -0.455 e. The maximum absolute atomic E-state index is 6.37. The lowest BCUT2D eigenvalue weighted by molar-refractivity contribution is 0.670. The van der Waals surface area contributed by atoms with E-state index >= 15 is 0 Å². The highest BCUT2D eigenvalue weighted by molar-refractivity contribution is 7.25. The van der Waals surface area contributed by atoms with Gasteiger partial charge in [0.15, 0.2) is 0 Å². The fourth-order valence-corrected chi connectivity index (χ4v) is 8.32. The number of para-hydroxylation sites is 2.